The summed E-state index contributed by atoms with van der Waals surface area (Å²) in [5.41, 5.74) is 0.426. The number of benzene rings is 1. The third-order valence-corrected chi connectivity index (χ3v) is 3.56. The van der Waals surface area contributed by atoms with Gasteiger partial charge in [0.2, 0.25) is 5.91 Å². The van der Waals surface area contributed by atoms with Crippen LogP contribution in [0.1, 0.15) is 19.8 Å². The van der Waals surface area contributed by atoms with Gasteiger partial charge in [-0.1, -0.05) is 0 Å². The molecular formula is C15H18F2N2O4. The van der Waals surface area contributed by atoms with Crippen molar-refractivity contribution < 1.29 is 28.2 Å². The lowest BCUT2D eigenvalue weighted by Gasteiger charge is -2.25. The van der Waals surface area contributed by atoms with Gasteiger partial charge in [0, 0.05) is 11.7 Å². The minimum atomic E-state index is -2.90. The number of halogens is 2. The summed E-state index contributed by atoms with van der Waals surface area (Å²) in [5.74, 6) is -1.33. The zero-order valence-electron chi connectivity index (χ0n) is 12.5. The molecule has 1 saturated carbocycles. The highest BCUT2D eigenvalue weighted by Crippen LogP contribution is 2.28. The van der Waals surface area contributed by atoms with Crippen LogP contribution in [0.3, 0.4) is 0 Å². The third kappa shape index (κ3) is 5.17. The first-order valence-electron chi connectivity index (χ1n) is 7.20. The first-order chi connectivity index (χ1) is 10.9. The Bertz CT molecular complexity index is 561. The number of aliphatic carboxylic acids is 1. The summed E-state index contributed by atoms with van der Waals surface area (Å²) >= 11 is 0. The molecule has 0 saturated heterocycles. The van der Waals surface area contributed by atoms with Gasteiger partial charge in [-0.15, -0.1) is 0 Å². The summed E-state index contributed by atoms with van der Waals surface area (Å²) < 4.78 is 28.3. The molecular weight excluding hydrogens is 310 g/mol. The molecule has 1 aromatic carbocycles. The number of nitrogens with one attached hydrogen (secondary N) is 1. The molecule has 1 fully saturated rings. The van der Waals surface area contributed by atoms with Crippen LogP contribution in [0.4, 0.5) is 14.5 Å². The van der Waals surface area contributed by atoms with Gasteiger partial charge < -0.3 is 15.2 Å². The maximum Gasteiger partial charge on any atom is 0.387 e. The number of carboxylic acid groups (broad SMARTS) is 1. The SMILES string of the molecule is CC(C(=O)O)N(CC(=O)Nc1ccc(OC(F)F)cc1)C1CC1. The van der Waals surface area contributed by atoms with Crippen LogP contribution in [0.25, 0.3) is 0 Å². The third-order valence-electron chi connectivity index (χ3n) is 3.56. The Balaban J connectivity index is 1.91. The molecule has 1 atom stereocenters. The number of carboxylic acids is 1. The summed E-state index contributed by atoms with van der Waals surface area (Å²) in [5, 5.41) is 11.7. The molecule has 126 valence electrons. The quantitative estimate of drug-likeness (QED) is 0.764. The molecule has 1 aromatic rings. The number of amides is 1. The number of alkyl halides is 2. The van der Waals surface area contributed by atoms with E-state index in [1.807, 2.05) is 0 Å². The van der Waals surface area contributed by atoms with Crippen LogP contribution in [0, 0.1) is 0 Å². The predicted octanol–water partition coefficient (Wildman–Crippen LogP) is 2.16. The van der Waals surface area contributed by atoms with Gasteiger partial charge in [0.25, 0.3) is 0 Å². The Kier molecular flexibility index (Phi) is 5.49. The van der Waals surface area contributed by atoms with E-state index in [4.69, 9.17) is 5.11 Å². The monoisotopic (exact) mass is 328 g/mol. The van der Waals surface area contributed by atoms with Gasteiger partial charge >= 0.3 is 12.6 Å². The number of hydrogen-bond donors (Lipinski definition) is 2. The Morgan fingerprint density at radius 2 is 1.96 bits per heavy atom. The highest BCUT2D eigenvalue weighted by atomic mass is 19.3. The molecule has 2 rings (SSSR count). The van der Waals surface area contributed by atoms with Gasteiger partial charge in [-0.3, -0.25) is 14.5 Å². The number of nitrogens with zero attached hydrogens (tertiary/aromatic N) is 1. The van der Waals surface area contributed by atoms with Crippen molar-refractivity contribution >= 4 is 17.6 Å². The van der Waals surface area contributed by atoms with Gasteiger partial charge in [-0.05, 0) is 44.0 Å². The fourth-order valence-corrected chi connectivity index (χ4v) is 2.22. The number of carbonyl (C=O) groups is 2. The standard InChI is InChI=1S/C15H18F2N2O4/c1-9(14(21)22)19(11-4-5-11)8-13(20)18-10-2-6-12(7-3-10)23-15(16)17/h2-3,6-7,9,11,15H,4-5,8H2,1H3,(H,18,20)(H,21,22). The summed E-state index contributed by atoms with van der Waals surface area (Å²) in [6.45, 7) is -1.39. The van der Waals surface area contributed by atoms with E-state index in [1.54, 1.807) is 11.8 Å². The van der Waals surface area contributed by atoms with Crippen molar-refractivity contribution in [1.82, 2.24) is 4.90 Å². The lowest BCUT2D eigenvalue weighted by Crippen LogP contribution is -2.44. The van der Waals surface area contributed by atoms with Gasteiger partial charge in [-0.25, -0.2) is 0 Å². The van der Waals surface area contributed by atoms with Crippen LogP contribution in [-0.4, -0.2) is 47.1 Å². The maximum absolute atomic E-state index is 12.1. The second-order valence-corrected chi connectivity index (χ2v) is 5.37. The van der Waals surface area contributed by atoms with E-state index in [0.717, 1.165) is 12.8 Å². The number of anilines is 1. The molecule has 1 aliphatic rings. The van der Waals surface area contributed by atoms with E-state index in [0.29, 0.717) is 5.69 Å². The zero-order chi connectivity index (χ0) is 17.0. The van der Waals surface area contributed by atoms with E-state index in [-0.39, 0.29) is 24.2 Å². The first-order valence-corrected chi connectivity index (χ1v) is 7.20. The fourth-order valence-electron chi connectivity index (χ4n) is 2.22. The molecule has 1 unspecified atom stereocenters. The van der Waals surface area contributed by atoms with Gasteiger partial charge in [-0.2, -0.15) is 8.78 Å². The predicted molar refractivity (Wildman–Crippen MR) is 78.5 cm³/mol. The molecule has 0 spiro atoms. The highest BCUT2D eigenvalue weighted by molar-refractivity contribution is 5.92. The van der Waals surface area contributed by atoms with Crippen molar-refractivity contribution in [3.8, 4) is 5.75 Å². The molecule has 1 aliphatic carbocycles. The number of carbonyl (C=O) groups excluding carboxylic acids is 1. The Morgan fingerprint density at radius 1 is 1.35 bits per heavy atom. The van der Waals surface area contributed by atoms with Gasteiger partial charge in [0.1, 0.15) is 11.8 Å². The lowest BCUT2D eigenvalue weighted by atomic mass is 10.2. The molecule has 0 aromatic heterocycles. The van der Waals surface area contributed by atoms with Crippen LogP contribution in [0.5, 0.6) is 5.75 Å². The Hall–Kier alpha value is -2.22. The molecule has 8 heteroatoms. The molecule has 2 N–H and O–H groups in total. The van der Waals surface area contributed by atoms with E-state index in [1.165, 1.54) is 24.3 Å². The molecule has 0 radical (unpaired) electrons. The summed E-state index contributed by atoms with van der Waals surface area (Å²) in [4.78, 5) is 24.8. The van der Waals surface area contributed by atoms with Crippen LogP contribution in [0.2, 0.25) is 0 Å². The minimum absolute atomic E-state index is 0.00268. The van der Waals surface area contributed by atoms with Crippen LogP contribution < -0.4 is 10.1 Å². The van der Waals surface area contributed by atoms with Crippen molar-refractivity contribution in [2.75, 3.05) is 11.9 Å². The van der Waals surface area contributed by atoms with Gasteiger partial charge in [0.05, 0.1) is 6.54 Å². The van der Waals surface area contributed by atoms with E-state index in [2.05, 4.69) is 10.1 Å². The average molecular weight is 328 g/mol. The average Bonchev–Trinajstić information content (AvgIpc) is 3.30. The van der Waals surface area contributed by atoms with Crippen LogP contribution in [0.15, 0.2) is 24.3 Å². The number of rotatable bonds is 8. The molecule has 0 aliphatic heterocycles. The highest BCUT2D eigenvalue weighted by Gasteiger charge is 2.36. The minimum Gasteiger partial charge on any atom is -0.480 e. The van der Waals surface area contributed by atoms with E-state index < -0.39 is 18.6 Å². The van der Waals surface area contributed by atoms with Crippen LogP contribution in [-0.2, 0) is 9.59 Å². The van der Waals surface area contributed by atoms with Crippen molar-refractivity contribution in [1.29, 1.82) is 0 Å². The second-order valence-electron chi connectivity index (χ2n) is 5.37. The molecule has 0 heterocycles. The lowest BCUT2D eigenvalue weighted by molar-refractivity contribution is -0.143. The van der Waals surface area contributed by atoms with Crippen molar-refractivity contribution in [3.05, 3.63) is 24.3 Å². The molecule has 0 bridgehead atoms. The molecule has 1 amide bonds. The first kappa shape index (κ1) is 17.1. The number of ether oxygens (including phenoxy) is 1. The smallest absolute Gasteiger partial charge is 0.387 e. The van der Waals surface area contributed by atoms with Crippen molar-refractivity contribution in [2.45, 2.75) is 38.5 Å². The summed E-state index contributed by atoms with van der Waals surface area (Å²) in [6.07, 6.45) is 1.76. The number of hydrogen-bond acceptors (Lipinski definition) is 4. The van der Waals surface area contributed by atoms with Crippen molar-refractivity contribution in [2.24, 2.45) is 0 Å². The van der Waals surface area contributed by atoms with Crippen molar-refractivity contribution in [3.63, 3.8) is 0 Å². The second kappa shape index (κ2) is 7.36. The molecule has 6 nitrogen and oxygen atoms in total. The fraction of sp³-hybridized carbons (Fsp3) is 0.467. The Morgan fingerprint density at radius 3 is 2.43 bits per heavy atom. The normalized spacial score (nSPS) is 15.5. The zero-order valence-corrected chi connectivity index (χ0v) is 12.5. The largest absolute Gasteiger partial charge is 0.480 e. The topological polar surface area (TPSA) is 78.9 Å². The van der Waals surface area contributed by atoms with Crippen LogP contribution >= 0.6 is 0 Å². The summed E-state index contributed by atoms with van der Waals surface area (Å²) in [6, 6.07) is 4.90. The Labute approximate surface area is 132 Å². The maximum atomic E-state index is 12.1. The summed E-state index contributed by atoms with van der Waals surface area (Å²) in [7, 11) is 0. The molecule has 23 heavy (non-hydrogen) atoms. The van der Waals surface area contributed by atoms with E-state index >= 15 is 0 Å². The van der Waals surface area contributed by atoms with E-state index in [9.17, 15) is 18.4 Å². The van der Waals surface area contributed by atoms with Gasteiger partial charge in [0.15, 0.2) is 0 Å².